The number of amides is 1. The lowest BCUT2D eigenvalue weighted by atomic mass is 9.84. The number of carbonyl (C=O) groups is 1. The summed E-state index contributed by atoms with van der Waals surface area (Å²) in [6.07, 6.45) is 5.05. The third kappa shape index (κ3) is 3.65. The third-order valence-electron chi connectivity index (χ3n) is 4.82. The second kappa shape index (κ2) is 6.34. The van der Waals surface area contributed by atoms with Crippen molar-refractivity contribution in [3.63, 3.8) is 0 Å². The van der Waals surface area contributed by atoms with E-state index in [4.69, 9.17) is 0 Å². The first-order chi connectivity index (χ1) is 10.2. The van der Waals surface area contributed by atoms with Crippen LogP contribution in [0.3, 0.4) is 0 Å². The Morgan fingerprint density at radius 1 is 1.36 bits per heavy atom. The van der Waals surface area contributed by atoms with Crippen LogP contribution >= 0.6 is 0 Å². The zero-order valence-electron chi connectivity index (χ0n) is 13.6. The molecule has 5 nitrogen and oxygen atoms in total. The fourth-order valence-electron chi connectivity index (χ4n) is 2.75. The molecule has 122 valence electrons. The van der Waals surface area contributed by atoms with E-state index >= 15 is 0 Å². The highest BCUT2D eigenvalue weighted by Gasteiger charge is 2.41. The van der Waals surface area contributed by atoms with Gasteiger partial charge >= 0.3 is 0 Å². The van der Waals surface area contributed by atoms with Crippen LogP contribution in [0.25, 0.3) is 0 Å². The second-order valence-electron chi connectivity index (χ2n) is 6.85. The van der Waals surface area contributed by atoms with Crippen molar-refractivity contribution in [1.82, 2.24) is 9.88 Å². The Balaban J connectivity index is 1.96. The van der Waals surface area contributed by atoms with Crippen molar-refractivity contribution in [2.75, 3.05) is 13.1 Å². The fraction of sp³-hybridized carbons (Fsp3) is 0.647. The first-order valence-corrected chi connectivity index (χ1v) is 7.88. The molecule has 1 atom stereocenters. The van der Waals surface area contributed by atoms with Crippen LogP contribution in [-0.2, 0) is 11.2 Å². The van der Waals surface area contributed by atoms with Gasteiger partial charge in [-0.05, 0) is 43.4 Å². The topological polar surface area (TPSA) is 73.7 Å². The van der Waals surface area contributed by atoms with Crippen molar-refractivity contribution in [2.24, 2.45) is 5.92 Å². The zero-order valence-corrected chi connectivity index (χ0v) is 13.6. The van der Waals surface area contributed by atoms with Crippen molar-refractivity contribution < 1.29 is 15.0 Å². The number of pyridine rings is 1. The van der Waals surface area contributed by atoms with Gasteiger partial charge in [-0.15, -0.1) is 0 Å². The van der Waals surface area contributed by atoms with E-state index in [0.717, 1.165) is 5.56 Å². The fourth-order valence-corrected chi connectivity index (χ4v) is 2.75. The van der Waals surface area contributed by atoms with E-state index in [1.54, 1.807) is 24.2 Å². The Morgan fingerprint density at radius 2 is 1.91 bits per heavy atom. The van der Waals surface area contributed by atoms with Crippen LogP contribution in [0.15, 0.2) is 24.5 Å². The maximum Gasteiger partial charge on any atom is 0.254 e. The van der Waals surface area contributed by atoms with Gasteiger partial charge in [-0.1, -0.05) is 13.8 Å². The number of likely N-dealkylation sites (tertiary alicyclic amines) is 1. The molecule has 2 heterocycles. The summed E-state index contributed by atoms with van der Waals surface area (Å²) in [5, 5.41) is 21.0. The molecule has 1 aromatic heterocycles. The number of nitrogens with zero attached hydrogens (tertiary/aromatic N) is 2. The van der Waals surface area contributed by atoms with E-state index in [0.29, 0.717) is 32.4 Å². The van der Waals surface area contributed by atoms with Gasteiger partial charge in [0.15, 0.2) is 0 Å². The minimum Gasteiger partial charge on any atom is -0.389 e. The minimum absolute atomic E-state index is 0.141. The Kier molecular flexibility index (Phi) is 4.87. The number of aromatic nitrogens is 1. The molecule has 0 radical (unpaired) electrons. The molecule has 2 rings (SSSR count). The number of aliphatic hydroxyl groups is 2. The summed E-state index contributed by atoms with van der Waals surface area (Å²) >= 11 is 0. The van der Waals surface area contributed by atoms with E-state index in [1.165, 1.54) is 0 Å². The minimum atomic E-state index is -1.35. The molecular formula is C17H26N2O3. The molecule has 2 N–H and O–H groups in total. The van der Waals surface area contributed by atoms with Gasteiger partial charge in [0.1, 0.15) is 5.60 Å². The van der Waals surface area contributed by atoms with E-state index in [-0.39, 0.29) is 11.8 Å². The maximum atomic E-state index is 12.4. The molecule has 1 aromatic rings. The number of hydrogen-bond acceptors (Lipinski definition) is 4. The van der Waals surface area contributed by atoms with Crippen LogP contribution in [0, 0.1) is 5.92 Å². The Bertz CT molecular complexity index is 506. The molecule has 1 aliphatic heterocycles. The zero-order chi connectivity index (χ0) is 16.4. The van der Waals surface area contributed by atoms with Crippen molar-refractivity contribution >= 4 is 5.91 Å². The smallest absolute Gasteiger partial charge is 0.254 e. The summed E-state index contributed by atoms with van der Waals surface area (Å²) in [6.45, 7) is 6.19. The first kappa shape index (κ1) is 16.9. The lowest BCUT2D eigenvalue weighted by molar-refractivity contribution is -0.158. The first-order valence-electron chi connectivity index (χ1n) is 7.88. The molecule has 1 amide bonds. The predicted octanol–water partition coefficient (Wildman–Crippen LogP) is 1.38. The predicted molar refractivity (Wildman–Crippen MR) is 84.2 cm³/mol. The second-order valence-corrected chi connectivity index (χ2v) is 6.85. The van der Waals surface area contributed by atoms with Gasteiger partial charge in [0.05, 0.1) is 5.60 Å². The largest absolute Gasteiger partial charge is 0.389 e. The summed E-state index contributed by atoms with van der Waals surface area (Å²) in [4.78, 5) is 18.1. The maximum absolute atomic E-state index is 12.4. The molecule has 1 saturated heterocycles. The summed E-state index contributed by atoms with van der Waals surface area (Å²) in [6, 6.07) is 3.80. The third-order valence-corrected chi connectivity index (χ3v) is 4.82. The van der Waals surface area contributed by atoms with E-state index in [9.17, 15) is 15.0 Å². The van der Waals surface area contributed by atoms with Gasteiger partial charge < -0.3 is 15.1 Å². The van der Waals surface area contributed by atoms with Crippen molar-refractivity contribution in [2.45, 2.75) is 51.2 Å². The summed E-state index contributed by atoms with van der Waals surface area (Å²) in [5.41, 5.74) is -1.09. The van der Waals surface area contributed by atoms with Crippen LogP contribution in [0.5, 0.6) is 0 Å². The average Bonchev–Trinajstić information content (AvgIpc) is 2.48. The van der Waals surface area contributed by atoms with Crippen LogP contribution in [-0.4, -0.2) is 50.3 Å². The molecule has 1 unspecified atom stereocenters. The van der Waals surface area contributed by atoms with Crippen LogP contribution in [0.2, 0.25) is 0 Å². The summed E-state index contributed by atoms with van der Waals surface area (Å²) in [5.74, 6) is -0.383. The molecule has 0 spiro atoms. The van der Waals surface area contributed by atoms with Crippen molar-refractivity contribution in [3.05, 3.63) is 30.1 Å². The highest BCUT2D eigenvalue weighted by atomic mass is 16.3. The molecular weight excluding hydrogens is 280 g/mol. The normalized spacial score (nSPS) is 20.7. The number of piperidine rings is 1. The van der Waals surface area contributed by atoms with Crippen LogP contribution < -0.4 is 0 Å². The molecule has 1 aliphatic rings. The van der Waals surface area contributed by atoms with Crippen LogP contribution in [0.4, 0.5) is 0 Å². The van der Waals surface area contributed by atoms with Crippen molar-refractivity contribution in [3.8, 4) is 0 Å². The van der Waals surface area contributed by atoms with Crippen LogP contribution in [0.1, 0.15) is 39.2 Å². The number of carbonyl (C=O) groups excluding carboxylic acids is 1. The van der Waals surface area contributed by atoms with Gasteiger partial charge in [0, 0.05) is 31.9 Å². The van der Waals surface area contributed by atoms with E-state index in [2.05, 4.69) is 4.98 Å². The Hall–Kier alpha value is -1.46. The standard InChI is InChI=1S/C17H26N2O3/c1-13(2)16(3,21)15(20)19-10-6-17(22,7-11-19)12-14-4-8-18-9-5-14/h4-5,8-9,13,21-22H,6-7,10-12H2,1-3H3. The van der Waals surface area contributed by atoms with Gasteiger partial charge in [-0.3, -0.25) is 9.78 Å². The van der Waals surface area contributed by atoms with Crippen molar-refractivity contribution in [1.29, 1.82) is 0 Å². The van der Waals surface area contributed by atoms with Gasteiger partial charge in [-0.25, -0.2) is 0 Å². The molecule has 22 heavy (non-hydrogen) atoms. The molecule has 1 fully saturated rings. The molecule has 0 saturated carbocycles. The van der Waals surface area contributed by atoms with Gasteiger partial charge in [0.2, 0.25) is 0 Å². The monoisotopic (exact) mass is 306 g/mol. The number of rotatable bonds is 4. The number of hydrogen-bond donors (Lipinski definition) is 2. The molecule has 0 aromatic carbocycles. The summed E-state index contributed by atoms with van der Waals surface area (Å²) in [7, 11) is 0. The lowest BCUT2D eigenvalue weighted by Crippen LogP contribution is -2.55. The molecule has 5 heteroatoms. The summed E-state index contributed by atoms with van der Waals surface area (Å²) < 4.78 is 0. The SMILES string of the molecule is CC(C)C(C)(O)C(=O)N1CCC(O)(Cc2ccncc2)CC1. The Labute approximate surface area is 132 Å². The lowest BCUT2D eigenvalue weighted by Gasteiger charge is -2.41. The quantitative estimate of drug-likeness (QED) is 0.881. The van der Waals surface area contributed by atoms with Gasteiger partial charge in [-0.2, -0.15) is 0 Å². The van der Waals surface area contributed by atoms with Gasteiger partial charge in [0.25, 0.3) is 5.91 Å². The van der Waals surface area contributed by atoms with E-state index < -0.39 is 11.2 Å². The highest BCUT2D eigenvalue weighted by molar-refractivity contribution is 5.85. The molecule has 0 aliphatic carbocycles. The highest BCUT2D eigenvalue weighted by Crippen LogP contribution is 2.28. The average molecular weight is 306 g/mol. The Morgan fingerprint density at radius 3 is 2.41 bits per heavy atom. The molecule has 0 bridgehead atoms. The van der Waals surface area contributed by atoms with E-state index in [1.807, 2.05) is 26.0 Å².